The zero-order valence-corrected chi connectivity index (χ0v) is 11.1. The van der Waals surface area contributed by atoms with Gasteiger partial charge in [-0.25, -0.2) is 4.79 Å². The molecule has 2 atom stereocenters. The maximum atomic E-state index is 11.8. The predicted molar refractivity (Wildman–Crippen MR) is 64.2 cm³/mol. The molecule has 0 radical (unpaired) electrons. The van der Waals surface area contributed by atoms with E-state index in [1.54, 1.807) is 0 Å². The third kappa shape index (κ3) is 4.27. The van der Waals surface area contributed by atoms with Crippen LogP contribution in [0.5, 0.6) is 0 Å². The zero-order chi connectivity index (χ0) is 13.8. The first-order chi connectivity index (χ1) is 8.35. The van der Waals surface area contributed by atoms with E-state index < -0.39 is 23.8 Å². The van der Waals surface area contributed by atoms with Crippen molar-refractivity contribution in [3.05, 3.63) is 0 Å². The van der Waals surface area contributed by atoms with E-state index in [0.717, 1.165) is 0 Å². The first-order valence-electron chi connectivity index (χ1n) is 6.15. The third-order valence-electron chi connectivity index (χ3n) is 2.81. The summed E-state index contributed by atoms with van der Waals surface area (Å²) >= 11 is 0. The van der Waals surface area contributed by atoms with Gasteiger partial charge in [-0.15, -0.1) is 0 Å². The van der Waals surface area contributed by atoms with Gasteiger partial charge >= 0.3 is 5.97 Å². The highest BCUT2D eigenvalue weighted by molar-refractivity contribution is 5.82. The molecule has 6 heteroatoms. The number of carbonyl (C=O) groups is 2. The summed E-state index contributed by atoms with van der Waals surface area (Å²) in [5.74, 6) is -1.29. The van der Waals surface area contributed by atoms with Crippen molar-refractivity contribution in [1.29, 1.82) is 0 Å². The summed E-state index contributed by atoms with van der Waals surface area (Å²) in [7, 11) is 0. The molecule has 2 N–H and O–H groups in total. The van der Waals surface area contributed by atoms with Crippen LogP contribution >= 0.6 is 0 Å². The molecule has 1 saturated heterocycles. The zero-order valence-electron chi connectivity index (χ0n) is 11.1. The molecule has 0 aromatic rings. The van der Waals surface area contributed by atoms with Gasteiger partial charge in [-0.2, -0.15) is 0 Å². The van der Waals surface area contributed by atoms with Gasteiger partial charge in [0.05, 0.1) is 5.60 Å². The lowest BCUT2D eigenvalue weighted by Crippen LogP contribution is -2.44. The van der Waals surface area contributed by atoms with Crippen molar-refractivity contribution < 1.29 is 24.2 Å². The number of carbonyl (C=O) groups excluding carboxylic acids is 1. The third-order valence-corrected chi connectivity index (χ3v) is 2.81. The Morgan fingerprint density at radius 1 is 1.39 bits per heavy atom. The maximum Gasteiger partial charge on any atom is 0.332 e. The molecule has 104 valence electrons. The Morgan fingerprint density at radius 2 is 2.00 bits per heavy atom. The second-order valence-corrected chi connectivity index (χ2v) is 4.94. The Morgan fingerprint density at radius 3 is 2.50 bits per heavy atom. The molecule has 1 heterocycles. The van der Waals surface area contributed by atoms with E-state index in [9.17, 15) is 9.59 Å². The summed E-state index contributed by atoms with van der Waals surface area (Å²) < 4.78 is 10.6. The molecule has 1 rings (SSSR count). The Labute approximate surface area is 107 Å². The number of hydrogen-bond donors (Lipinski definition) is 2. The molecule has 1 aliphatic rings. The molecule has 18 heavy (non-hydrogen) atoms. The van der Waals surface area contributed by atoms with Gasteiger partial charge in [-0.3, -0.25) is 4.79 Å². The lowest BCUT2D eigenvalue weighted by molar-refractivity contribution is -0.152. The van der Waals surface area contributed by atoms with Crippen LogP contribution in [-0.4, -0.2) is 47.9 Å². The standard InChI is InChI=1S/C12H21NO5/c1-4-17-12(2,3)7-13-10(14)8-5-6-9(18-8)11(15)16/h8-9H,4-7H2,1-3H3,(H,13,14)(H,15,16)/t8-,9+/m0/s1. The number of nitrogens with one attached hydrogen (secondary N) is 1. The Hall–Kier alpha value is -1.14. The largest absolute Gasteiger partial charge is 0.479 e. The lowest BCUT2D eigenvalue weighted by Gasteiger charge is -2.25. The van der Waals surface area contributed by atoms with Crippen LogP contribution in [0.4, 0.5) is 0 Å². The Balaban J connectivity index is 2.36. The molecule has 0 unspecified atom stereocenters. The van der Waals surface area contributed by atoms with Crippen LogP contribution < -0.4 is 5.32 Å². The second-order valence-electron chi connectivity index (χ2n) is 4.94. The molecule has 1 fully saturated rings. The highest BCUT2D eigenvalue weighted by Gasteiger charge is 2.35. The molecule has 0 bridgehead atoms. The van der Waals surface area contributed by atoms with Gasteiger partial charge in [0, 0.05) is 13.2 Å². The van der Waals surface area contributed by atoms with E-state index >= 15 is 0 Å². The molecule has 1 amide bonds. The fourth-order valence-electron chi connectivity index (χ4n) is 1.87. The molecule has 0 aromatic carbocycles. The van der Waals surface area contributed by atoms with Crippen molar-refractivity contribution in [1.82, 2.24) is 5.32 Å². The first-order valence-corrected chi connectivity index (χ1v) is 6.15. The van der Waals surface area contributed by atoms with Crippen LogP contribution in [0.25, 0.3) is 0 Å². The molecule has 0 aromatic heterocycles. The van der Waals surface area contributed by atoms with Gasteiger partial charge < -0.3 is 19.9 Å². The molecule has 6 nitrogen and oxygen atoms in total. The van der Waals surface area contributed by atoms with Crippen molar-refractivity contribution in [3.63, 3.8) is 0 Å². The number of hydrogen-bond acceptors (Lipinski definition) is 4. The number of carboxylic acid groups (broad SMARTS) is 1. The van der Waals surface area contributed by atoms with Crippen molar-refractivity contribution in [3.8, 4) is 0 Å². The summed E-state index contributed by atoms with van der Waals surface area (Å²) in [5, 5.41) is 11.5. The molecule has 1 aliphatic heterocycles. The summed E-state index contributed by atoms with van der Waals surface area (Å²) in [5.41, 5.74) is -0.435. The van der Waals surface area contributed by atoms with Crippen LogP contribution in [0.2, 0.25) is 0 Å². The smallest absolute Gasteiger partial charge is 0.332 e. The normalized spacial score (nSPS) is 23.9. The van der Waals surface area contributed by atoms with Gasteiger partial charge in [0.15, 0.2) is 6.10 Å². The quantitative estimate of drug-likeness (QED) is 0.727. The monoisotopic (exact) mass is 259 g/mol. The van der Waals surface area contributed by atoms with E-state index in [1.165, 1.54) is 0 Å². The van der Waals surface area contributed by atoms with E-state index in [2.05, 4.69) is 5.32 Å². The van der Waals surface area contributed by atoms with E-state index in [4.69, 9.17) is 14.6 Å². The molecular formula is C12H21NO5. The van der Waals surface area contributed by atoms with E-state index in [1.807, 2.05) is 20.8 Å². The van der Waals surface area contributed by atoms with E-state index in [0.29, 0.717) is 26.0 Å². The van der Waals surface area contributed by atoms with Crippen LogP contribution in [0.3, 0.4) is 0 Å². The van der Waals surface area contributed by atoms with Crippen molar-refractivity contribution in [2.45, 2.75) is 51.4 Å². The number of aliphatic carboxylic acids is 1. The van der Waals surface area contributed by atoms with Gasteiger partial charge in [-0.1, -0.05) is 0 Å². The first kappa shape index (κ1) is 14.9. The van der Waals surface area contributed by atoms with E-state index in [-0.39, 0.29) is 5.91 Å². The SMILES string of the molecule is CCOC(C)(C)CNC(=O)[C@@H]1CC[C@H](C(=O)O)O1. The van der Waals surface area contributed by atoms with Crippen molar-refractivity contribution >= 4 is 11.9 Å². The van der Waals surface area contributed by atoms with Gasteiger partial charge in [-0.05, 0) is 33.6 Å². The lowest BCUT2D eigenvalue weighted by atomic mass is 10.1. The number of ether oxygens (including phenoxy) is 2. The molecule has 0 aliphatic carbocycles. The summed E-state index contributed by atoms with van der Waals surface area (Å²) in [4.78, 5) is 22.5. The van der Waals surface area contributed by atoms with Crippen LogP contribution in [0, 0.1) is 0 Å². The van der Waals surface area contributed by atoms with Crippen LogP contribution in [0.15, 0.2) is 0 Å². The van der Waals surface area contributed by atoms with Gasteiger partial charge in [0.2, 0.25) is 5.91 Å². The van der Waals surface area contributed by atoms with Crippen molar-refractivity contribution in [2.75, 3.05) is 13.2 Å². The fourth-order valence-corrected chi connectivity index (χ4v) is 1.87. The number of rotatable bonds is 6. The molecule has 0 spiro atoms. The topological polar surface area (TPSA) is 84.9 Å². The minimum absolute atomic E-state index is 0.272. The summed E-state index contributed by atoms with van der Waals surface area (Å²) in [6.45, 7) is 6.60. The highest BCUT2D eigenvalue weighted by Crippen LogP contribution is 2.20. The number of amides is 1. The number of carboxylic acids is 1. The maximum absolute atomic E-state index is 11.8. The Kier molecular flexibility index (Phi) is 5.10. The molecule has 0 saturated carbocycles. The molecular weight excluding hydrogens is 238 g/mol. The minimum Gasteiger partial charge on any atom is -0.479 e. The summed E-state index contributed by atoms with van der Waals surface area (Å²) in [6, 6.07) is 0. The van der Waals surface area contributed by atoms with Crippen LogP contribution in [0.1, 0.15) is 33.6 Å². The fraction of sp³-hybridized carbons (Fsp3) is 0.833. The van der Waals surface area contributed by atoms with Crippen molar-refractivity contribution in [2.24, 2.45) is 0 Å². The highest BCUT2D eigenvalue weighted by atomic mass is 16.5. The minimum atomic E-state index is -1.01. The van der Waals surface area contributed by atoms with Gasteiger partial charge in [0.25, 0.3) is 0 Å². The average Bonchev–Trinajstić information content (AvgIpc) is 2.75. The Bertz CT molecular complexity index is 316. The average molecular weight is 259 g/mol. The predicted octanol–water partition coefficient (Wildman–Crippen LogP) is 0.550. The van der Waals surface area contributed by atoms with Crippen LogP contribution in [-0.2, 0) is 19.1 Å². The second kappa shape index (κ2) is 6.15. The van der Waals surface area contributed by atoms with Gasteiger partial charge in [0.1, 0.15) is 6.10 Å². The summed E-state index contributed by atoms with van der Waals surface area (Å²) in [6.07, 6.45) is -0.704.